The van der Waals surface area contributed by atoms with Crippen molar-refractivity contribution >= 4 is 34.5 Å². The van der Waals surface area contributed by atoms with Gasteiger partial charge in [-0.3, -0.25) is 4.90 Å². The van der Waals surface area contributed by atoms with Gasteiger partial charge in [0, 0.05) is 23.5 Å². The molecular formula is C17H16Cl2N4S. The van der Waals surface area contributed by atoms with E-state index in [4.69, 9.17) is 23.2 Å². The van der Waals surface area contributed by atoms with E-state index in [0.717, 1.165) is 36.7 Å². The predicted octanol–water partition coefficient (Wildman–Crippen LogP) is 4.64. The highest BCUT2D eigenvalue weighted by molar-refractivity contribution is 7.10. The first kappa shape index (κ1) is 16.1. The topological polar surface area (TPSA) is 34.0 Å². The van der Waals surface area contributed by atoms with Crippen molar-refractivity contribution in [3.63, 3.8) is 0 Å². The van der Waals surface area contributed by atoms with Crippen molar-refractivity contribution in [2.24, 2.45) is 0 Å². The first-order valence-electron chi connectivity index (χ1n) is 7.74. The van der Waals surface area contributed by atoms with Crippen molar-refractivity contribution in [1.82, 2.24) is 19.7 Å². The summed E-state index contributed by atoms with van der Waals surface area (Å²) in [4.78, 5) is 8.48. The Bertz CT molecular complexity index is 887. The van der Waals surface area contributed by atoms with Gasteiger partial charge >= 0.3 is 0 Å². The summed E-state index contributed by atoms with van der Waals surface area (Å²) in [6, 6.07) is 7.79. The maximum atomic E-state index is 6.16. The molecule has 0 fully saturated rings. The maximum Gasteiger partial charge on any atom is 0.159 e. The molecule has 0 N–H and O–H groups in total. The SMILES string of the molecule is Cc1nc(-c2ccc(Cl)c(Cl)c2)n(CN2CCc3sccc3C2)n1. The van der Waals surface area contributed by atoms with Crippen LogP contribution in [-0.4, -0.2) is 26.2 Å². The van der Waals surface area contributed by atoms with Gasteiger partial charge in [0.05, 0.1) is 16.7 Å². The third kappa shape index (κ3) is 3.09. The summed E-state index contributed by atoms with van der Waals surface area (Å²) in [5.41, 5.74) is 2.36. The van der Waals surface area contributed by atoms with Crippen LogP contribution in [0.4, 0.5) is 0 Å². The van der Waals surface area contributed by atoms with E-state index < -0.39 is 0 Å². The molecule has 0 saturated heterocycles. The van der Waals surface area contributed by atoms with Crippen LogP contribution in [0.25, 0.3) is 11.4 Å². The van der Waals surface area contributed by atoms with Crippen LogP contribution in [-0.2, 0) is 19.6 Å². The van der Waals surface area contributed by atoms with Crippen molar-refractivity contribution in [3.05, 3.63) is 56.0 Å². The lowest BCUT2D eigenvalue weighted by Gasteiger charge is -2.26. The maximum absolute atomic E-state index is 6.16. The molecule has 0 saturated carbocycles. The molecule has 1 aromatic carbocycles. The molecule has 2 aromatic heterocycles. The first-order chi connectivity index (χ1) is 11.6. The van der Waals surface area contributed by atoms with Gasteiger partial charge in [-0.2, -0.15) is 5.10 Å². The minimum atomic E-state index is 0.530. The molecule has 7 heteroatoms. The number of rotatable bonds is 3. The molecule has 4 nitrogen and oxygen atoms in total. The minimum Gasteiger partial charge on any atom is -0.280 e. The zero-order valence-corrected chi connectivity index (χ0v) is 15.5. The molecular weight excluding hydrogens is 363 g/mol. The number of halogens is 2. The lowest BCUT2D eigenvalue weighted by Crippen LogP contribution is -2.32. The number of aryl methyl sites for hydroxylation is 1. The second-order valence-corrected chi connectivity index (χ2v) is 7.74. The average molecular weight is 379 g/mol. The third-order valence-corrected chi connectivity index (χ3v) is 5.94. The number of thiophene rings is 1. The van der Waals surface area contributed by atoms with Gasteiger partial charge in [0.2, 0.25) is 0 Å². The van der Waals surface area contributed by atoms with E-state index in [2.05, 4.69) is 26.4 Å². The summed E-state index contributed by atoms with van der Waals surface area (Å²) in [7, 11) is 0. The fraction of sp³-hybridized carbons (Fsp3) is 0.294. The Morgan fingerprint density at radius 2 is 2.08 bits per heavy atom. The van der Waals surface area contributed by atoms with Crippen LogP contribution >= 0.6 is 34.5 Å². The molecule has 0 unspecified atom stereocenters. The van der Waals surface area contributed by atoms with E-state index >= 15 is 0 Å². The highest BCUT2D eigenvalue weighted by Gasteiger charge is 2.19. The molecule has 3 aromatic rings. The Hall–Kier alpha value is -1.40. The summed E-state index contributed by atoms with van der Waals surface area (Å²) in [5, 5.41) is 7.82. The van der Waals surface area contributed by atoms with Crippen LogP contribution in [0.1, 0.15) is 16.3 Å². The van der Waals surface area contributed by atoms with Gasteiger partial charge in [-0.15, -0.1) is 11.3 Å². The number of aromatic nitrogens is 3. The zero-order valence-electron chi connectivity index (χ0n) is 13.2. The lowest BCUT2D eigenvalue weighted by atomic mass is 10.1. The molecule has 1 aliphatic heterocycles. The molecule has 124 valence electrons. The highest BCUT2D eigenvalue weighted by Crippen LogP contribution is 2.29. The van der Waals surface area contributed by atoms with Gasteiger partial charge in [0.15, 0.2) is 5.82 Å². The first-order valence-corrected chi connectivity index (χ1v) is 9.38. The second-order valence-electron chi connectivity index (χ2n) is 5.92. The van der Waals surface area contributed by atoms with E-state index in [0.29, 0.717) is 16.7 Å². The normalized spacial score (nSPS) is 14.8. The average Bonchev–Trinajstić information content (AvgIpc) is 3.16. The van der Waals surface area contributed by atoms with E-state index in [1.54, 1.807) is 6.07 Å². The van der Waals surface area contributed by atoms with Crippen molar-refractivity contribution < 1.29 is 0 Å². The van der Waals surface area contributed by atoms with E-state index in [1.807, 2.05) is 35.1 Å². The largest absolute Gasteiger partial charge is 0.280 e. The van der Waals surface area contributed by atoms with Crippen LogP contribution in [0.2, 0.25) is 10.0 Å². The molecule has 4 rings (SSSR count). The standard InChI is InChI=1S/C17H16Cl2N4S/c1-11-20-17(12-2-3-14(18)15(19)8-12)23(21-11)10-22-6-4-16-13(9-22)5-7-24-16/h2-3,5,7-8H,4,6,9-10H2,1H3. The molecule has 1 aliphatic rings. The van der Waals surface area contributed by atoms with Crippen molar-refractivity contribution in [2.45, 2.75) is 26.6 Å². The minimum absolute atomic E-state index is 0.530. The van der Waals surface area contributed by atoms with Crippen LogP contribution in [0.5, 0.6) is 0 Å². The van der Waals surface area contributed by atoms with E-state index in [-0.39, 0.29) is 0 Å². The molecule has 0 amide bonds. The van der Waals surface area contributed by atoms with Crippen molar-refractivity contribution in [3.8, 4) is 11.4 Å². The van der Waals surface area contributed by atoms with Gasteiger partial charge in [-0.25, -0.2) is 9.67 Å². The molecule has 0 atom stereocenters. The van der Waals surface area contributed by atoms with Crippen molar-refractivity contribution in [1.29, 1.82) is 0 Å². The van der Waals surface area contributed by atoms with Gasteiger partial charge in [-0.05, 0) is 48.6 Å². The number of fused-ring (bicyclic) bond motifs is 1. The molecule has 0 bridgehead atoms. The third-order valence-electron chi connectivity index (χ3n) is 4.18. The fourth-order valence-corrected chi connectivity index (χ4v) is 4.21. The van der Waals surface area contributed by atoms with Gasteiger partial charge in [0.25, 0.3) is 0 Å². The zero-order chi connectivity index (χ0) is 16.7. The van der Waals surface area contributed by atoms with Gasteiger partial charge in [0.1, 0.15) is 5.82 Å². The number of benzene rings is 1. The monoisotopic (exact) mass is 378 g/mol. The lowest BCUT2D eigenvalue weighted by molar-refractivity contribution is 0.192. The number of nitrogens with zero attached hydrogens (tertiary/aromatic N) is 4. The Kier molecular flexibility index (Phi) is 4.35. The molecule has 0 radical (unpaired) electrons. The highest BCUT2D eigenvalue weighted by atomic mass is 35.5. The van der Waals surface area contributed by atoms with Gasteiger partial charge < -0.3 is 0 Å². The molecule has 24 heavy (non-hydrogen) atoms. The number of hydrogen-bond donors (Lipinski definition) is 0. The summed E-state index contributed by atoms with van der Waals surface area (Å²) < 4.78 is 1.95. The Morgan fingerprint density at radius 3 is 2.92 bits per heavy atom. The van der Waals surface area contributed by atoms with Gasteiger partial charge in [-0.1, -0.05) is 23.2 Å². The summed E-state index contributed by atoms with van der Waals surface area (Å²) in [5.74, 6) is 1.58. The molecule has 0 spiro atoms. The molecule has 0 aliphatic carbocycles. The number of hydrogen-bond acceptors (Lipinski definition) is 4. The summed E-state index contributed by atoms with van der Waals surface area (Å²) >= 11 is 14.0. The summed E-state index contributed by atoms with van der Waals surface area (Å²) in [6.07, 6.45) is 1.10. The van der Waals surface area contributed by atoms with E-state index in [9.17, 15) is 0 Å². The van der Waals surface area contributed by atoms with Crippen LogP contribution in [0, 0.1) is 6.92 Å². The smallest absolute Gasteiger partial charge is 0.159 e. The van der Waals surface area contributed by atoms with E-state index in [1.165, 1.54) is 10.4 Å². The predicted molar refractivity (Wildman–Crippen MR) is 98.6 cm³/mol. The molecule has 3 heterocycles. The Balaban J connectivity index is 1.61. The van der Waals surface area contributed by atoms with Crippen LogP contribution in [0.3, 0.4) is 0 Å². The van der Waals surface area contributed by atoms with Crippen LogP contribution in [0.15, 0.2) is 29.6 Å². The fourth-order valence-electron chi connectivity index (χ4n) is 3.02. The Labute approximate surface area is 154 Å². The van der Waals surface area contributed by atoms with Crippen molar-refractivity contribution in [2.75, 3.05) is 6.54 Å². The van der Waals surface area contributed by atoms with Crippen LogP contribution < -0.4 is 0 Å². The quantitative estimate of drug-likeness (QED) is 0.665. The second kappa shape index (κ2) is 6.48. The Morgan fingerprint density at radius 1 is 1.21 bits per heavy atom. The summed E-state index contributed by atoms with van der Waals surface area (Å²) in [6.45, 7) is 4.61.